The molecule has 0 fully saturated rings. The van der Waals surface area contributed by atoms with Gasteiger partial charge in [-0.2, -0.15) is 0 Å². The van der Waals surface area contributed by atoms with Gasteiger partial charge in [0.15, 0.2) is 0 Å². The van der Waals surface area contributed by atoms with Gasteiger partial charge in [-0.15, -0.1) is 0 Å². The van der Waals surface area contributed by atoms with E-state index in [0.717, 1.165) is 33.4 Å². The van der Waals surface area contributed by atoms with Crippen molar-refractivity contribution in [2.75, 3.05) is 0 Å². The molecule has 2 N–H and O–H groups in total. The molecule has 0 aliphatic rings. The van der Waals surface area contributed by atoms with Crippen LogP contribution < -0.4 is 0 Å². The number of phenols is 2. The van der Waals surface area contributed by atoms with E-state index in [1.807, 2.05) is 24.3 Å². The fourth-order valence-corrected chi connectivity index (χ4v) is 3.61. The third kappa shape index (κ3) is 4.13. The molecule has 2 nitrogen and oxygen atoms in total. The van der Waals surface area contributed by atoms with Crippen LogP contribution in [0.4, 0.5) is 0 Å². The lowest BCUT2D eigenvalue weighted by Crippen LogP contribution is -1.98. The van der Waals surface area contributed by atoms with Crippen LogP contribution in [0.1, 0.15) is 33.4 Å². The second-order valence-corrected chi connectivity index (χ2v) is 7.58. The Kier molecular flexibility index (Phi) is 5.40. The maximum Gasteiger partial charge on any atom is 0.115 e. The molecule has 4 aromatic carbocycles. The number of aromatic hydroxyl groups is 2. The Morgan fingerprint density at radius 3 is 0.900 bits per heavy atom. The molecule has 0 amide bonds. The molecular weight excluding hydrogens is 368 g/mol. The van der Waals surface area contributed by atoms with E-state index in [4.69, 9.17) is 0 Å². The zero-order chi connectivity index (χ0) is 21.1. The second kappa shape index (κ2) is 8.30. The summed E-state index contributed by atoms with van der Waals surface area (Å²) >= 11 is 0. The second-order valence-electron chi connectivity index (χ2n) is 7.58. The van der Waals surface area contributed by atoms with Crippen molar-refractivity contribution in [3.8, 4) is 11.5 Å². The van der Waals surface area contributed by atoms with Crippen LogP contribution in [-0.4, -0.2) is 10.2 Å². The highest BCUT2D eigenvalue weighted by atomic mass is 16.3. The molecule has 0 bridgehead atoms. The highest BCUT2D eigenvalue weighted by molar-refractivity contribution is 6.04. The van der Waals surface area contributed by atoms with E-state index in [2.05, 4.69) is 62.4 Å². The van der Waals surface area contributed by atoms with Crippen molar-refractivity contribution < 1.29 is 10.2 Å². The summed E-state index contributed by atoms with van der Waals surface area (Å²) in [5.74, 6) is 0.479. The molecule has 0 aliphatic carbocycles. The number of aryl methyl sites for hydroxylation is 2. The molecule has 0 aromatic heterocycles. The average Bonchev–Trinajstić information content (AvgIpc) is 2.75. The smallest absolute Gasteiger partial charge is 0.115 e. The van der Waals surface area contributed by atoms with Crippen molar-refractivity contribution in [3.63, 3.8) is 0 Å². The molecule has 4 aromatic rings. The highest BCUT2D eigenvalue weighted by Crippen LogP contribution is 2.37. The van der Waals surface area contributed by atoms with Crippen LogP contribution >= 0.6 is 0 Å². The van der Waals surface area contributed by atoms with Gasteiger partial charge in [0.2, 0.25) is 0 Å². The third-order valence-corrected chi connectivity index (χ3v) is 5.24. The van der Waals surface area contributed by atoms with Gasteiger partial charge in [0.05, 0.1) is 0 Å². The van der Waals surface area contributed by atoms with Crippen LogP contribution in [0.5, 0.6) is 11.5 Å². The third-order valence-electron chi connectivity index (χ3n) is 5.24. The van der Waals surface area contributed by atoms with Crippen molar-refractivity contribution in [3.05, 3.63) is 130 Å². The van der Waals surface area contributed by atoms with Gasteiger partial charge in [-0.05, 0) is 71.5 Å². The average molecular weight is 392 g/mol. The van der Waals surface area contributed by atoms with Crippen molar-refractivity contribution >= 4 is 11.1 Å². The van der Waals surface area contributed by atoms with E-state index in [9.17, 15) is 10.2 Å². The topological polar surface area (TPSA) is 40.5 Å². The first kappa shape index (κ1) is 19.5. The zero-order valence-corrected chi connectivity index (χ0v) is 17.1. The predicted octanol–water partition coefficient (Wildman–Crippen LogP) is 6.72. The van der Waals surface area contributed by atoms with Crippen molar-refractivity contribution in [2.45, 2.75) is 13.8 Å². The SMILES string of the molecule is Cc1ccc(/C(=C(/c2ccc(C)cc2)c2ccc(O)cc2)c2ccc(O)cc2)cc1. The van der Waals surface area contributed by atoms with Crippen LogP contribution in [0, 0.1) is 13.8 Å². The molecule has 0 unspecified atom stereocenters. The van der Waals surface area contributed by atoms with Crippen molar-refractivity contribution in [2.24, 2.45) is 0 Å². The summed E-state index contributed by atoms with van der Waals surface area (Å²) in [7, 11) is 0. The molecular formula is C28H24O2. The Labute approximate surface area is 177 Å². The Bertz CT molecular complexity index is 974. The maximum absolute atomic E-state index is 9.84. The largest absolute Gasteiger partial charge is 0.508 e. The van der Waals surface area contributed by atoms with Gasteiger partial charge < -0.3 is 10.2 Å². The maximum atomic E-state index is 9.84. The molecule has 30 heavy (non-hydrogen) atoms. The highest BCUT2D eigenvalue weighted by Gasteiger charge is 2.16. The molecule has 148 valence electrons. The molecule has 0 saturated heterocycles. The van der Waals surface area contributed by atoms with E-state index in [-0.39, 0.29) is 11.5 Å². The van der Waals surface area contributed by atoms with E-state index in [0.29, 0.717) is 0 Å². The van der Waals surface area contributed by atoms with Crippen LogP contribution in [-0.2, 0) is 0 Å². The first-order valence-corrected chi connectivity index (χ1v) is 9.98. The van der Waals surface area contributed by atoms with Crippen LogP contribution in [0.3, 0.4) is 0 Å². The lowest BCUT2D eigenvalue weighted by Gasteiger charge is -2.18. The molecule has 4 rings (SSSR count). The van der Waals surface area contributed by atoms with Crippen LogP contribution in [0.25, 0.3) is 11.1 Å². The van der Waals surface area contributed by atoms with Gasteiger partial charge in [0, 0.05) is 0 Å². The Morgan fingerprint density at radius 1 is 0.400 bits per heavy atom. The molecule has 0 spiro atoms. The quantitative estimate of drug-likeness (QED) is 0.378. The van der Waals surface area contributed by atoms with Gasteiger partial charge in [-0.3, -0.25) is 0 Å². The fraction of sp³-hybridized carbons (Fsp3) is 0.0714. The number of benzene rings is 4. The summed E-state index contributed by atoms with van der Waals surface area (Å²) < 4.78 is 0. The van der Waals surface area contributed by atoms with Gasteiger partial charge in [-0.25, -0.2) is 0 Å². The zero-order valence-electron chi connectivity index (χ0n) is 17.1. The van der Waals surface area contributed by atoms with Gasteiger partial charge in [-0.1, -0.05) is 83.9 Å². The van der Waals surface area contributed by atoms with Gasteiger partial charge in [0.25, 0.3) is 0 Å². The molecule has 0 atom stereocenters. The van der Waals surface area contributed by atoms with E-state index in [1.54, 1.807) is 24.3 Å². The Hall–Kier alpha value is -3.78. The normalized spacial score (nSPS) is 11.8. The fourth-order valence-electron chi connectivity index (χ4n) is 3.61. The molecule has 2 heteroatoms. The summed E-state index contributed by atoms with van der Waals surface area (Å²) in [5, 5.41) is 19.7. The molecule has 0 heterocycles. The summed E-state index contributed by atoms with van der Waals surface area (Å²) in [4.78, 5) is 0. The first-order chi connectivity index (χ1) is 14.5. The monoisotopic (exact) mass is 392 g/mol. The van der Waals surface area contributed by atoms with Crippen LogP contribution in [0.15, 0.2) is 97.1 Å². The Morgan fingerprint density at radius 2 is 0.633 bits per heavy atom. The molecule has 0 aliphatic heterocycles. The lowest BCUT2D eigenvalue weighted by molar-refractivity contribution is 0.474. The summed E-state index contributed by atoms with van der Waals surface area (Å²) in [6.45, 7) is 4.16. The minimum atomic E-state index is 0.239. The number of phenolic OH excluding ortho intramolecular Hbond substituents is 2. The van der Waals surface area contributed by atoms with Crippen molar-refractivity contribution in [1.29, 1.82) is 0 Å². The minimum Gasteiger partial charge on any atom is -0.508 e. The van der Waals surface area contributed by atoms with E-state index < -0.39 is 0 Å². The minimum absolute atomic E-state index is 0.239. The number of hydrogen-bond donors (Lipinski definition) is 2. The van der Waals surface area contributed by atoms with Gasteiger partial charge >= 0.3 is 0 Å². The first-order valence-electron chi connectivity index (χ1n) is 9.98. The van der Waals surface area contributed by atoms with Crippen molar-refractivity contribution in [1.82, 2.24) is 0 Å². The van der Waals surface area contributed by atoms with Crippen LogP contribution in [0.2, 0.25) is 0 Å². The summed E-state index contributed by atoms with van der Waals surface area (Å²) in [6, 6.07) is 31.6. The standard InChI is InChI=1S/C28H24O2/c1-19-3-7-21(8-4-19)27(23-11-15-25(29)16-12-23)28(22-9-5-20(2)6-10-22)24-13-17-26(30)18-14-24/h3-18,29-30H,1-2H3/b28-27+. The number of hydrogen-bond acceptors (Lipinski definition) is 2. The van der Waals surface area contributed by atoms with Gasteiger partial charge in [0.1, 0.15) is 11.5 Å². The number of rotatable bonds is 4. The summed E-state index contributed by atoms with van der Waals surface area (Å²) in [6.07, 6.45) is 0. The van der Waals surface area contributed by atoms with E-state index >= 15 is 0 Å². The molecule has 0 radical (unpaired) electrons. The summed E-state index contributed by atoms with van der Waals surface area (Å²) in [5.41, 5.74) is 8.76. The Balaban J connectivity index is 2.08. The predicted molar refractivity (Wildman–Crippen MR) is 124 cm³/mol. The van der Waals surface area contributed by atoms with E-state index in [1.165, 1.54) is 11.1 Å². The molecule has 0 saturated carbocycles. The lowest BCUT2D eigenvalue weighted by atomic mass is 9.85.